The zero-order valence-electron chi connectivity index (χ0n) is 12.8. The van der Waals surface area contributed by atoms with Crippen molar-refractivity contribution < 1.29 is 14.4 Å². The average Bonchev–Trinajstić information content (AvgIpc) is 2.72. The molecule has 6 heteroatoms. The van der Waals surface area contributed by atoms with Crippen molar-refractivity contribution >= 4 is 35.0 Å². The highest BCUT2D eigenvalue weighted by Gasteiger charge is 2.51. The number of halogens is 1. The van der Waals surface area contributed by atoms with Crippen LogP contribution in [0, 0.1) is 5.41 Å². The van der Waals surface area contributed by atoms with E-state index in [1.54, 1.807) is 24.3 Å². The van der Waals surface area contributed by atoms with Gasteiger partial charge in [0.1, 0.15) is 6.54 Å². The highest BCUT2D eigenvalue weighted by Crippen LogP contribution is 2.45. The van der Waals surface area contributed by atoms with Crippen LogP contribution in [-0.2, 0) is 14.4 Å². The van der Waals surface area contributed by atoms with Crippen LogP contribution >= 0.6 is 11.6 Å². The Morgan fingerprint density at radius 1 is 1.22 bits per heavy atom. The molecule has 1 aliphatic heterocycles. The number of amides is 3. The topological polar surface area (TPSA) is 66.5 Å². The molecule has 1 N–H and O–H groups in total. The lowest BCUT2D eigenvalue weighted by atomic mass is 9.73. The molecule has 0 radical (unpaired) electrons. The monoisotopic (exact) mass is 334 g/mol. The van der Waals surface area contributed by atoms with Crippen LogP contribution in [0.25, 0.3) is 0 Å². The maximum absolute atomic E-state index is 12.6. The summed E-state index contributed by atoms with van der Waals surface area (Å²) in [4.78, 5) is 38.1. The van der Waals surface area contributed by atoms with Gasteiger partial charge in [0.05, 0.1) is 5.41 Å². The molecule has 3 rings (SSSR count). The Labute approximate surface area is 140 Å². The second kappa shape index (κ2) is 6.32. The summed E-state index contributed by atoms with van der Waals surface area (Å²) in [6.45, 7) is -0.230. The van der Waals surface area contributed by atoms with Crippen LogP contribution in [0.2, 0.25) is 5.02 Å². The lowest BCUT2D eigenvalue weighted by Crippen LogP contribution is -2.41. The van der Waals surface area contributed by atoms with Crippen LogP contribution in [0.1, 0.15) is 38.5 Å². The number of hydrogen-bond acceptors (Lipinski definition) is 3. The van der Waals surface area contributed by atoms with Crippen molar-refractivity contribution in [2.75, 3.05) is 11.9 Å². The summed E-state index contributed by atoms with van der Waals surface area (Å²) in [7, 11) is 0. The van der Waals surface area contributed by atoms with E-state index >= 15 is 0 Å². The minimum atomic E-state index is -0.550. The average molecular weight is 335 g/mol. The number of rotatable bonds is 3. The fraction of sp³-hybridized carbons (Fsp3) is 0.471. The third kappa shape index (κ3) is 3.24. The van der Waals surface area contributed by atoms with Crippen LogP contribution in [-0.4, -0.2) is 29.2 Å². The highest BCUT2D eigenvalue weighted by molar-refractivity contribution is 6.30. The van der Waals surface area contributed by atoms with E-state index in [1.807, 2.05) is 0 Å². The number of anilines is 1. The summed E-state index contributed by atoms with van der Waals surface area (Å²) >= 11 is 5.87. The summed E-state index contributed by atoms with van der Waals surface area (Å²) in [6, 6.07) is 6.76. The van der Waals surface area contributed by atoms with Gasteiger partial charge in [-0.15, -0.1) is 0 Å². The molecule has 0 aromatic heterocycles. The number of benzene rings is 1. The van der Waals surface area contributed by atoms with E-state index in [1.165, 1.54) is 0 Å². The summed E-state index contributed by atoms with van der Waals surface area (Å²) in [5.41, 5.74) is 0.0000443. The number of nitrogens with zero attached hydrogens (tertiary/aromatic N) is 1. The minimum Gasteiger partial charge on any atom is -0.324 e. The predicted octanol–water partition coefficient (Wildman–Crippen LogP) is 2.99. The molecule has 1 aliphatic carbocycles. The Morgan fingerprint density at radius 2 is 1.96 bits per heavy atom. The fourth-order valence-corrected chi connectivity index (χ4v) is 3.74. The zero-order valence-corrected chi connectivity index (χ0v) is 13.6. The van der Waals surface area contributed by atoms with Crippen molar-refractivity contribution in [3.05, 3.63) is 29.3 Å². The third-order valence-electron chi connectivity index (χ3n) is 4.71. The molecule has 0 bridgehead atoms. The highest BCUT2D eigenvalue weighted by atomic mass is 35.5. The molecule has 122 valence electrons. The molecule has 1 aromatic carbocycles. The van der Waals surface area contributed by atoms with Gasteiger partial charge in [0.2, 0.25) is 17.7 Å². The van der Waals surface area contributed by atoms with Gasteiger partial charge in [-0.1, -0.05) is 36.9 Å². The van der Waals surface area contributed by atoms with Crippen LogP contribution < -0.4 is 5.32 Å². The van der Waals surface area contributed by atoms with E-state index in [-0.39, 0.29) is 30.7 Å². The van der Waals surface area contributed by atoms with Gasteiger partial charge < -0.3 is 5.32 Å². The van der Waals surface area contributed by atoms with E-state index < -0.39 is 5.41 Å². The van der Waals surface area contributed by atoms with Crippen LogP contribution in [0.15, 0.2) is 24.3 Å². The molecule has 0 unspecified atom stereocenters. The molecular weight excluding hydrogens is 316 g/mol. The van der Waals surface area contributed by atoms with Gasteiger partial charge >= 0.3 is 0 Å². The van der Waals surface area contributed by atoms with Gasteiger partial charge in [0, 0.05) is 17.1 Å². The van der Waals surface area contributed by atoms with Gasteiger partial charge in [-0.2, -0.15) is 0 Å². The van der Waals surface area contributed by atoms with E-state index in [2.05, 4.69) is 5.32 Å². The Morgan fingerprint density at radius 3 is 2.65 bits per heavy atom. The number of likely N-dealkylation sites (tertiary alicyclic amines) is 1. The molecule has 2 aliphatic rings. The fourth-order valence-electron chi connectivity index (χ4n) is 3.55. The van der Waals surface area contributed by atoms with Crippen LogP contribution in [0.4, 0.5) is 5.69 Å². The number of carbonyl (C=O) groups is 3. The largest absolute Gasteiger partial charge is 0.324 e. The molecule has 1 aromatic rings. The normalized spacial score (nSPS) is 20.1. The summed E-state index contributed by atoms with van der Waals surface area (Å²) in [5, 5.41) is 3.18. The first-order valence-corrected chi connectivity index (χ1v) is 8.28. The molecule has 0 atom stereocenters. The van der Waals surface area contributed by atoms with Gasteiger partial charge in [0.25, 0.3) is 0 Å². The van der Waals surface area contributed by atoms with Crippen molar-refractivity contribution in [3.63, 3.8) is 0 Å². The van der Waals surface area contributed by atoms with E-state index in [9.17, 15) is 14.4 Å². The van der Waals surface area contributed by atoms with Crippen molar-refractivity contribution in [1.82, 2.24) is 4.90 Å². The van der Waals surface area contributed by atoms with Crippen molar-refractivity contribution in [2.24, 2.45) is 5.41 Å². The van der Waals surface area contributed by atoms with Crippen LogP contribution in [0.3, 0.4) is 0 Å². The molecule has 1 heterocycles. The SMILES string of the molecule is O=C(CN1C(=O)CC2(CCCCC2)C1=O)Nc1cccc(Cl)c1. The second-order valence-electron chi connectivity index (χ2n) is 6.36. The molecule has 1 saturated carbocycles. The summed E-state index contributed by atoms with van der Waals surface area (Å²) in [5.74, 6) is -0.802. The lowest BCUT2D eigenvalue weighted by Gasteiger charge is -2.30. The number of carbonyl (C=O) groups excluding carboxylic acids is 3. The predicted molar refractivity (Wildman–Crippen MR) is 86.9 cm³/mol. The minimum absolute atomic E-state index is 0.177. The summed E-state index contributed by atoms with van der Waals surface area (Å²) < 4.78 is 0. The number of hydrogen-bond donors (Lipinski definition) is 1. The third-order valence-corrected chi connectivity index (χ3v) is 4.95. The molecule has 5 nitrogen and oxygen atoms in total. The quantitative estimate of drug-likeness (QED) is 0.864. The Kier molecular flexibility index (Phi) is 4.39. The molecular formula is C17H19ClN2O3. The van der Waals surface area contributed by atoms with Crippen molar-refractivity contribution in [2.45, 2.75) is 38.5 Å². The van der Waals surface area contributed by atoms with Crippen molar-refractivity contribution in [1.29, 1.82) is 0 Å². The molecule has 1 spiro atoms. The van der Waals surface area contributed by atoms with Gasteiger partial charge in [-0.05, 0) is 31.0 Å². The van der Waals surface area contributed by atoms with E-state index in [4.69, 9.17) is 11.6 Å². The first-order valence-electron chi connectivity index (χ1n) is 7.90. The first-order chi connectivity index (χ1) is 11.0. The second-order valence-corrected chi connectivity index (χ2v) is 6.80. The van der Waals surface area contributed by atoms with Gasteiger partial charge in [0.15, 0.2) is 0 Å². The van der Waals surface area contributed by atoms with Gasteiger partial charge in [-0.3, -0.25) is 19.3 Å². The molecule has 2 fully saturated rings. The maximum Gasteiger partial charge on any atom is 0.244 e. The molecule has 1 saturated heterocycles. The van der Waals surface area contributed by atoms with E-state index in [0.29, 0.717) is 10.7 Å². The first kappa shape index (κ1) is 16.0. The molecule has 3 amide bonds. The number of imide groups is 1. The van der Waals surface area contributed by atoms with Crippen LogP contribution in [0.5, 0.6) is 0 Å². The van der Waals surface area contributed by atoms with Gasteiger partial charge in [-0.25, -0.2) is 0 Å². The van der Waals surface area contributed by atoms with E-state index in [0.717, 1.165) is 37.0 Å². The molecule has 23 heavy (non-hydrogen) atoms. The number of nitrogens with one attached hydrogen (secondary N) is 1. The Hall–Kier alpha value is -1.88. The standard InChI is InChI=1S/C17H19ClN2O3/c18-12-5-4-6-13(9-12)19-14(21)11-20-15(22)10-17(16(20)23)7-2-1-3-8-17/h4-6,9H,1-3,7-8,10-11H2,(H,19,21). The summed E-state index contributed by atoms with van der Waals surface area (Å²) in [6.07, 6.45) is 4.81. The maximum atomic E-state index is 12.6. The smallest absolute Gasteiger partial charge is 0.244 e. The lowest BCUT2D eigenvalue weighted by molar-refractivity contribution is -0.144. The van der Waals surface area contributed by atoms with Crippen molar-refractivity contribution in [3.8, 4) is 0 Å². The Bertz CT molecular complexity index is 653. The zero-order chi connectivity index (χ0) is 16.4. The Balaban J connectivity index is 1.66.